The number of esters is 1. The van der Waals surface area contributed by atoms with Crippen molar-refractivity contribution < 1.29 is 19.1 Å². The number of allylic oxidation sites excluding steroid dienone is 1. The van der Waals surface area contributed by atoms with E-state index in [4.69, 9.17) is 0 Å². The summed E-state index contributed by atoms with van der Waals surface area (Å²) in [5.74, 6) is -0.594. The Morgan fingerprint density at radius 3 is 2.12 bits per heavy atom. The van der Waals surface area contributed by atoms with Gasteiger partial charge in [0.15, 0.2) is 0 Å². The van der Waals surface area contributed by atoms with Gasteiger partial charge in [-0.2, -0.15) is 0 Å². The van der Waals surface area contributed by atoms with Gasteiger partial charge < -0.3 is 15.4 Å². The molecular formula is C20H36N2O4. The van der Waals surface area contributed by atoms with Crippen molar-refractivity contribution in [2.75, 3.05) is 13.7 Å². The summed E-state index contributed by atoms with van der Waals surface area (Å²) in [5, 5.41) is 5.24. The highest BCUT2D eigenvalue weighted by molar-refractivity contribution is 5.81. The van der Waals surface area contributed by atoms with Crippen molar-refractivity contribution in [3.63, 3.8) is 0 Å². The lowest BCUT2D eigenvalue weighted by atomic mass is 10.1. The van der Waals surface area contributed by atoms with Crippen molar-refractivity contribution in [1.82, 2.24) is 10.6 Å². The first-order chi connectivity index (χ1) is 12.6. The van der Waals surface area contributed by atoms with Crippen LogP contribution in [0.5, 0.6) is 0 Å². The molecule has 6 nitrogen and oxygen atoms in total. The van der Waals surface area contributed by atoms with Crippen LogP contribution in [0, 0.1) is 0 Å². The molecule has 6 heteroatoms. The van der Waals surface area contributed by atoms with Crippen LogP contribution >= 0.6 is 0 Å². The number of rotatable bonds is 16. The summed E-state index contributed by atoms with van der Waals surface area (Å²) in [6.45, 7) is 2.12. The van der Waals surface area contributed by atoms with Gasteiger partial charge in [0.1, 0.15) is 6.54 Å². The lowest BCUT2D eigenvalue weighted by Crippen LogP contribution is -2.29. The Kier molecular flexibility index (Phi) is 16.7. The zero-order chi connectivity index (χ0) is 19.5. The minimum Gasteiger partial charge on any atom is -0.468 e. The Balaban J connectivity index is 3.45. The zero-order valence-electron chi connectivity index (χ0n) is 16.5. The van der Waals surface area contributed by atoms with Crippen LogP contribution in [-0.4, -0.2) is 31.4 Å². The van der Waals surface area contributed by atoms with Crippen LogP contribution in [0.25, 0.3) is 0 Å². The maximum absolute atomic E-state index is 11.7. The molecule has 0 fully saturated rings. The molecule has 0 aliphatic heterocycles. The highest BCUT2D eigenvalue weighted by Gasteiger charge is 2.04. The molecule has 0 saturated heterocycles. The first kappa shape index (κ1) is 24.1. The van der Waals surface area contributed by atoms with Crippen LogP contribution in [0.4, 0.5) is 0 Å². The Hall–Kier alpha value is -1.85. The number of ether oxygens (including phenoxy) is 1. The van der Waals surface area contributed by atoms with Crippen molar-refractivity contribution in [3.8, 4) is 0 Å². The topological polar surface area (TPSA) is 84.5 Å². The average molecular weight is 369 g/mol. The largest absolute Gasteiger partial charge is 0.468 e. The molecule has 2 N–H and O–H groups in total. The van der Waals surface area contributed by atoms with Crippen molar-refractivity contribution in [2.45, 2.75) is 84.0 Å². The second-order valence-corrected chi connectivity index (χ2v) is 6.44. The van der Waals surface area contributed by atoms with E-state index in [1.807, 2.05) is 6.08 Å². The van der Waals surface area contributed by atoms with E-state index < -0.39 is 5.97 Å². The van der Waals surface area contributed by atoms with Crippen LogP contribution < -0.4 is 10.6 Å². The summed E-state index contributed by atoms with van der Waals surface area (Å²) in [4.78, 5) is 34.0. The Labute approximate surface area is 158 Å². The number of hydrogen-bond donors (Lipinski definition) is 2. The number of amides is 2. The summed E-state index contributed by atoms with van der Waals surface area (Å²) < 4.78 is 4.44. The van der Waals surface area contributed by atoms with Crippen LogP contribution in [0.15, 0.2) is 12.3 Å². The molecule has 150 valence electrons. The van der Waals surface area contributed by atoms with E-state index in [0.717, 1.165) is 12.8 Å². The van der Waals surface area contributed by atoms with Gasteiger partial charge in [0.2, 0.25) is 11.8 Å². The normalized spacial score (nSPS) is 10.7. The number of unbranched alkanes of at least 4 members (excludes halogenated alkanes) is 8. The molecule has 2 amide bonds. The quantitative estimate of drug-likeness (QED) is 0.322. The number of nitrogens with one attached hydrogen (secondary N) is 2. The van der Waals surface area contributed by atoms with E-state index in [1.54, 1.807) is 6.20 Å². The monoisotopic (exact) mass is 368 g/mol. The molecule has 0 aliphatic rings. The first-order valence-electron chi connectivity index (χ1n) is 9.88. The van der Waals surface area contributed by atoms with Gasteiger partial charge in [0, 0.05) is 12.8 Å². The molecule has 0 spiro atoms. The van der Waals surface area contributed by atoms with Gasteiger partial charge in [-0.1, -0.05) is 57.9 Å². The smallest absolute Gasteiger partial charge is 0.325 e. The van der Waals surface area contributed by atoms with Crippen molar-refractivity contribution >= 4 is 17.8 Å². The van der Waals surface area contributed by atoms with Gasteiger partial charge in [-0.05, 0) is 25.5 Å². The second-order valence-electron chi connectivity index (χ2n) is 6.44. The van der Waals surface area contributed by atoms with Crippen molar-refractivity contribution in [2.24, 2.45) is 0 Å². The van der Waals surface area contributed by atoms with E-state index in [1.165, 1.54) is 45.6 Å². The first-order valence-corrected chi connectivity index (χ1v) is 9.88. The second kappa shape index (κ2) is 18.0. The maximum atomic E-state index is 11.7. The van der Waals surface area contributed by atoms with Gasteiger partial charge in [-0.15, -0.1) is 0 Å². The molecule has 0 radical (unpaired) electrons. The Morgan fingerprint density at radius 2 is 1.46 bits per heavy atom. The van der Waals surface area contributed by atoms with Crippen molar-refractivity contribution in [3.05, 3.63) is 12.3 Å². The fraction of sp³-hybridized carbons (Fsp3) is 0.750. The predicted molar refractivity (Wildman–Crippen MR) is 103 cm³/mol. The highest BCUT2D eigenvalue weighted by atomic mass is 16.5. The number of methoxy groups -OCH3 is 1. The third kappa shape index (κ3) is 17.0. The molecule has 0 saturated carbocycles. The molecular weight excluding hydrogens is 332 g/mol. The maximum Gasteiger partial charge on any atom is 0.325 e. The molecule has 0 bridgehead atoms. The number of carbonyl (C=O) groups excluding carboxylic acids is 3. The SMILES string of the molecule is CCCCCCCCCCC(=O)N/C=C\CCCC(=O)NCC(=O)OC. The lowest BCUT2D eigenvalue weighted by Gasteiger charge is -2.03. The third-order valence-corrected chi connectivity index (χ3v) is 4.05. The fourth-order valence-corrected chi connectivity index (χ4v) is 2.44. The molecule has 0 aromatic heterocycles. The van der Waals surface area contributed by atoms with Crippen LogP contribution in [0.2, 0.25) is 0 Å². The average Bonchev–Trinajstić information content (AvgIpc) is 2.64. The molecule has 0 aromatic carbocycles. The van der Waals surface area contributed by atoms with Crippen LogP contribution in [-0.2, 0) is 19.1 Å². The van der Waals surface area contributed by atoms with Crippen LogP contribution in [0.1, 0.15) is 84.0 Å². The van der Waals surface area contributed by atoms with Gasteiger partial charge in [0.05, 0.1) is 7.11 Å². The Bertz CT molecular complexity index is 422. The van der Waals surface area contributed by atoms with Crippen LogP contribution in [0.3, 0.4) is 0 Å². The minimum atomic E-state index is -0.461. The van der Waals surface area contributed by atoms with Crippen molar-refractivity contribution in [1.29, 1.82) is 0 Å². The predicted octanol–water partition coefficient (Wildman–Crippen LogP) is 3.61. The molecule has 0 rings (SSSR count). The molecule has 0 aromatic rings. The highest BCUT2D eigenvalue weighted by Crippen LogP contribution is 2.09. The summed E-state index contributed by atoms with van der Waals surface area (Å²) in [6.07, 6.45) is 15.5. The van der Waals surface area contributed by atoms with Gasteiger partial charge in [-0.3, -0.25) is 14.4 Å². The van der Waals surface area contributed by atoms with E-state index >= 15 is 0 Å². The van der Waals surface area contributed by atoms with Gasteiger partial charge in [0.25, 0.3) is 0 Å². The van der Waals surface area contributed by atoms with E-state index in [9.17, 15) is 14.4 Å². The number of carbonyl (C=O) groups is 3. The summed E-state index contributed by atoms with van der Waals surface area (Å²) in [5.41, 5.74) is 0. The van der Waals surface area contributed by atoms with E-state index in [0.29, 0.717) is 25.7 Å². The molecule has 26 heavy (non-hydrogen) atoms. The standard InChI is InChI=1S/C20H36N2O4/c1-3-4-5-6-7-8-9-11-14-18(23)21-16-13-10-12-15-19(24)22-17-20(25)26-2/h13,16H,3-12,14-15,17H2,1-2H3,(H,21,23)(H,22,24)/b16-13-. The van der Waals surface area contributed by atoms with Gasteiger partial charge >= 0.3 is 5.97 Å². The zero-order valence-corrected chi connectivity index (χ0v) is 16.5. The van der Waals surface area contributed by atoms with E-state index in [-0.39, 0.29) is 18.4 Å². The Morgan fingerprint density at radius 1 is 0.846 bits per heavy atom. The molecule has 0 aliphatic carbocycles. The minimum absolute atomic E-state index is 0.0445. The summed E-state index contributed by atoms with van der Waals surface area (Å²) in [7, 11) is 1.28. The summed E-state index contributed by atoms with van der Waals surface area (Å²) in [6, 6.07) is 0. The lowest BCUT2D eigenvalue weighted by molar-refractivity contribution is -0.141. The fourth-order valence-electron chi connectivity index (χ4n) is 2.44. The molecule has 0 unspecified atom stereocenters. The van der Waals surface area contributed by atoms with Gasteiger partial charge in [-0.25, -0.2) is 0 Å². The molecule has 0 heterocycles. The molecule has 0 atom stereocenters. The summed E-state index contributed by atoms with van der Waals surface area (Å²) >= 11 is 0. The van der Waals surface area contributed by atoms with E-state index in [2.05, 4.69) is 22.3 Å². The third-order valence-electron chi connectivity index (χ3n) is 4.05. The number of hydrogen-bond acceptors (Lipinski definition) is 4.